The molecule has 1 N–H and O–H groups in total. The van der Waals surface area contributed by atoms with Crippen molar-refractivity contribution in [2.75, 3.05) is 43.4 Å². The molecule has 1 saturated heterocycles. The highest BCUT2D eigenvalue weighted by atomic mass is 35.5. The van der Waals surface area contributed by atoms with Crippen molar-refractivity contribution < 1.29 is 0 Å². The average molecular weight is 440 g/mol. The Morgan fingerprint density at radius 2 is 1.75 bits per heavy atom. The summed E-state index contributed by atoms with van der Waals surface area (Å²) in [7, 11) is 0. The van der Waals surface area contributed by atoms with Gasteiger partial charge in [-0.1, -0.05) is 30.0 Å². The molecule has 0 saturated carbocycles. The van der Waals surface area contributed by atoms with Crippen molar-refractivity contribution >= 4 is 53.3 Å². The first-order valence-corrected chi connectivity index (χ1v) is 9.78. The number of H-pyrrole nitrogens is 1. The number of pyridine rings is 1. The Kier molecular flexibility index (Phi) is 8.57. The van der Waals surface area contributed by atoms with Crippen LogP contribution in [0.4, 0.5) is 5.82 Å². The predicted octanol–water partition coefficient (Wildman–Crippen LogP) is 3.08. The van der Waals surface area contributed by atoms with E-state index in [9.17, 15) is 4.79 Å². The zero-order valence-electron chi connectivity index (χ0n) is 15.3. The molecular weight excluding hydrogens is 417 g/mol. The summed E-state index contributed by atoms with van der Waals surface area (Å²) in [5, 5.41) is 1.34. The van der Waals surface area contributed by atoms with Gasteiger partial charge in [0.1, 0.15) is 5.82 Å². The van der Waals surface area contributed by atoms with E-state index in [1.165, 1.54) is 0 Å². The maximum absolute atomic E-state index is 12.1. The molecule has 1 aliphatic rings. The van der Waals surface area contributed by atoms with Crippen molar-refractivity contribution in [3.05, 3.63) is 59.0 Å². The number of hydrogen-bond acceptors (Lipinski definition) is 6. The van der Waals surface area contributed by atoms with E-state index in [2.05, 4.69) is 30.8 Å². The summed E-state index contributed by atoms with van der Waals surface area (Å²) in [6.45, 7) is 5.02. The Morgan fingerprint density at radius 3 is 2.50 bits per heavy atom. The highest BCUT2D eigenvalue weighted by Gasteiger charge is 2.17. The number of aromatic nitrogens is 3. The van der Waals surface area contributed by atoms with Gasteiger partial charge in [-0.25, -0.2) is 9.97 Å². The van der Waals surface area contributed by atoms with Crippen LogP contribution in [0.2, 0.25) is 0 Å². The van der Waals surface area contributed by atoms with Crippen LogP contribution in [0.5, 0.6) is 0 Å². The number of anilines is 1. The fraction of sp³-hybridized carbons (Fsp3) is 0.316. The molecule has 1 aliphatic heterocycles. The van der Waals surface area contributed by atoms with Crippen LogP contribution in [0.1, 0.15) is 0 Å². The number of para-hydroxylation sites is 1. The Balaban J connectivity index is 0.00000140. The lowest BCUT2D eigenvalue weighted by Gasteiger charge is -2.35. The normalized spacial score (nSPS) is 14.4. The quantitative estimate of drug-likeness (QED) is 0.486. The summed E-state index contributed by atoms with van der Waals surface area (Å²) in [6, 6.07) is 13.5. The number of aromatic amines is 1. The van der Waals surface area contributed by atoms with Gasteiger partial charge in [0.05, 0.1) is 10.9 Å². The van der Waals surface area contributed by atoms with Crippen molar-refractivity contribution in [1.82, 2.24) is 19.9 Å². The van der Waals surface area contributed by atoms with Crippen LogP contribution in [0.15, 0.2) is 58.6 Å². The molecule has 1 aromatic carbocycles. The number of hydrogen-bond donors (Lipinski definition) is 1. The monoisotopic (exact) mass is 439 g/mol. The summed E-state index contributed by atoms with van der Waals surface area (Å²) in [5.41, 5.74) is 0.685. The second kappa shape index (κ2) is 10.7. The molecule has 6 nitrogen and oxygen atoms in total. The molecule has 0 radical (unpaired) electrons. The molecular formula is C19H23Cl2N5OS. The van der Waals surface area contributed by atoms with Crippen LogP contribution in [-0.4, -0.2) is 58.3 Å². The third-order valence-corrected chi connectivity index (χ3v) is 5.44. The van der Waals surface area contributed by atoms with Crippen LogP contribution in [0.3, 0.4) is 0 Å². The summed E-state index contributed by atoms with van der Waals surface area (Å²) in [5.74, 6) is 1.96. The maximum Gasteiger partial charge on any atom is 0.259 e. The van der Waals surface area contributed by atoms with E-state index in [4.69, 9.17) is 0 Å². The minimum Gasteiger partial charge on any atom is -0.354 e. The number of rotatable bonds is 5. The molecule has 0 aliphatic carbocycles. The zero-order valence-corrected chi connectivity index (χ0v) is 17.7. The smallest absolute Gasteiger partial charge is 0.259 e. The number of nitrogens with one attached hydrogen (secondary N) is 1. The molecule has 0 amide bonds. The van der Waals surface area contributed by atoms with Crippen LogP contribution in [0.25, 0.3) is 10.9 Å². The topological polar surface area (TPSA) is 65.1 Å². The van der Waals surface area contributed by atoms with E-state index in [0.29, 0.717) is 10.5 Å². The van der Waals surface area contributed by atoms with Gasteiger partial charge in [-0.2, -0.15) is 0 Å². The van der Waals surface area contributed by atoms with Crippen molar-refractivity contribution in [3.63, 3.8) is 0 Å². The predicted molar refractivity (Wildman–Crippen MR) is 120 cm³/mol. The average Bonchev–Trinajstić information content (AvgIpc) is 2.69. The zero-order chi connectivity index (χ0) is 17.8. The van der Waals surface area contributed by atoms with Crippen LogP contribution < -0.4 is 10.5 Å². The molecule has 0 atom stereocenters. The summed E-state index contributed by atoms with van der Waals surface area (Å²) in [6.07, 6.45) is 1.84. The third kappa shape index (κ3) is 5.38. The molecule has 2 aromatic heterocycles. The van der Waals surface area contributed by atoms with Gasteiger partial charge in [0, 0.05) is 44.7 Å². The van der Waals surface area contributed by atoms with Crippen molar-refractivity contribution in [2.24, 2.45) is 0 Å². The van der Waals surface area contributed by atoms with E-state index in [-0.39, 0.29) is 30.4 Å². The van der Waals surface area contributed by atoms with Gasteiger partial charge >= 0.3 is 0 Å². The lowest BCUT2D eigenvalue weighted by molar-refractivity contribution is 0.272. The molecule has 28 heavy (non-hydrogen) atoms. The van der Waals surface area contributed by atoms with Gasteiger partial charge in [-0.05, 0) is 24.3 Å². The molecule has 0 unspecified atom stereocenters. The molecule has 0 spiro atoms. The second-order valence-electron chi connectivity index (χ2n) is 6.25. The first kappa shape index (κ1) is 22.5. The highest BCUT2D eigenvalue weighted by Crippen LogP contribution is 2.16. The van der Waals surface area contributed by atoms with Gasteiger partial charge in [-0.3, -0.25) is 9.69 Å². The maximum atomic E-state index is 12.1. The summed E-state index contributed by atoms with van der Waals surface area (Å²) >= 11 is 1.61. The van der Waals surface area contributed by atoms with E-state index < -0.39 is 0 Å². The molecule has 1 fully saturated rings. The first-order chi connectivity index (χ1) is 12.8. The van der Waals surface area contributed by atoms with Gasteiger partial charge in [0.15, 0.2) is 5.16 Å². The van der Waals surface area contributed by atoms with Crippen molar-refractivity contribution in [1.29, 1.82) is 0 Å². The van der Waals surface area contributed by atoms with Gasteiger partial charge < -0.3 is 9.88 Å². The van der Waals surface area contributed by atoms with Crippen LogP contribution >= 0.6 is 36.6 Å². The second-order valence-corrected chi connectivity index (χ2v) is 7.34. The number of thioether (sulfide) groups is 1. The highest BCUT2D eigenvalue weighted by molar-refractivity contribution is 7.99. The molecule has 9 heteroatoms. The largest absolute Gasteiger partial charge is 0.354 e. The van der Waals surface area contributed by atoms with Gasteiger partial charge in [0.2, 0.25) is 0 Å². The SMILES string of the molecule is Cl.Cl.O=c1[nH]c(SCCN2CCN(c3ccccn3)CC2)nc2ccccc12. The van der Waals surface area contributed by atoms with Crippen LogP contribution in [0, 0.1) is 0 Å². The fourth-order valence-electron chi connectivity index (χ4n) is 3.15. The third-order valence-electron chi connectivity index (χ3n) is 4.58. The number of piperazine rings is 1. The van der Waals surface area contributed by atoms with Crippen molar-refractivity contribution in [3.8, 4) is 0 Å². The number of nitrogens with zero attached hydrogens (tertiary/aromatic N) is 4. The Bertz CT molecular complexity index is 932. The van der Waals surface area contributed by atoms with Gasteiger partial charge in [0.25, 0.3) is 5.56 Å². The van der Waals surface area contributed by atoms with Gasteiger partial charge in [-0.15, -0.1) is 24.8 Å². The lowest BCUT2D eigenvalue weighted by atomic mass is 10.2. The molecule has 0 bridgehead atoms. The fourth-order valence-corrected chi connectivity index (χ4v) is 4.02. The minimum atomic E-state index is -0.0675. The Morgan fingerprint density at radius 1 is 1.00 bits per heavy atom. The molecule has 3 heterocycles. The molecule has 150 valence electrons. The van der Waals surface area contributed by atoms with E-state index >= 15 is 0 Å². The van der Waals surface area contributed by atoms with Crippen LogP contribution in [-0.2, 0) is 0 Å². The summed E-state index contributed by atoms with van der Waals surface area (Å²) < 4.78 is 0. The molecule has 4 rings (SSSR count). The Hall–Kier alpha value is -1.80. The number of benzene rings is 1. The van der Waals surface area contributed by atoms with E-state index in [0.717, 1.165) is 49.8 Å². The van der Waals surface area contributed by atoms with E-state index in [1.54, 1.807) is 17.8 Å². The van der Waals surface area contributed by atoms with E-state index in [1.807, 2.05) is 36.5 Å². The first-order valence-electron chi connectivity index (χ1n) is 8.80. The standard InChI is InChI=1S/C19H21N5OS.2ClH/c25-18-15-5-1-2-6-16(15)21-19(22-18)26-14-13-23-9-11-24(12-10-23)17-7-3-4-8-20-17;;/h1-8H,9-14H2,(H,21,22,25);2*1H. The minimum absolute atomic E-state index is 0. The molecule has 3 aromatic rings. The summed E-state index contributed by atoms with van der Waals surface area (Å²) in [4.78, 5) is 28.7. The van der Waals surface area contributed by atoms with Crippen molar-refractivity contribution in [2.45, 2.75) is 5.16 Å². The number of halogens is 2. The lowest BCUT2D eigenvalue weighted by Crippen LogP contribution is -2.47. The Labute approximate surface area is 180 Å². The number of fused-ring (bicyclic) bond motifs is 1.